The first-order chi connectivity index (χ1) is 12.1. The molecule has 1 atom stereocenters. The highest BCUT2D eigenvalue weighted by Crippen LogP contribution is 2.12. The quantitative estimate of drug-likeness (QED) is 0.210. The van der Waals surface area contributed by atoms with Gasteiger partial charge in [0.1, 0.15) is 5.75 Å². The number of carbonyl (C=O) groups excluding carboxylic acids is 1. The van der Waals surface area contributed by atoms with Crippen LogP contribution in [0.25, 0.3) is 0 Å². The summed E-state index contributed by atoms with van der Waals surface area (Å²) in [5.74, 6) is 1.32. The average molecular weight is 476 g/mol. The Bertz CT molecular complexity index is 552. The van der Waals surface area contributed by atoms with Gasteiger partial charge in [-0.25, -0.2) is 0 Å². The normalized spacial score (nSPS) is 11.9. The van der Waals surface area contributed by atoms with Crippen LogP contribution in [0.15, 0.2) is 29.3 Å². The molecule has 0 saturated heterocycles. The van der Waals surface area contributed by atoms with Gasteiger partial charge in [-0.1, -0.05) is 32.3 Å². The Labute approximate surface area is 174 Å². The molecule has 0 spiro atoms. The zero-order valence-electron chi connectivity index (χ0n) is 16.3. The molecule has 0 bridgehead atoms. The van der Waals surface area contributed by atoms with Gasteiger partial charge in [0.05, 0.1) is 7.11 Å². The maximum atomic E-state index is 12.1. The number of aliphatic imine (C=N–C) groups is 1. The van der Waals surface area contributed by atoms with Crippen molar-refractivity contribution in [3.05, 3.63) is 29.8 Å². The van der Waals surface area contributed by atoms with Crippen molar-refractivity contribution in [1.82, 2.24) is 16.0 Å². The average Bonchev–Trinajstić information content (AvgIpc) is 2.64. The first-order valence-corrected chi connectivity index (χ1v) is 9.00. The van der Waals surface area contributed by atoms with Crippen molar-refractivity contribution in [3.8, 4) is 5.75 Å². The molecule has 0 aliphatic heterocycles. The van der Waals surface area contributed by atoms with Crippen molar-refractivity contribution in [1.29, 1.82) is 0 Å². The van der Waals surface area contributed by atoms with Crippen LogP contribution in [0.4, 0.5) is 0 Å². The molecule has 148 valence electrons. The molecule has 0 saturated carbocycles. The second kappa shape index (κ2) is 14.6. The molecule has 1 amide bonds. The summed E-state index contributed by atoms with van der Waals surface area (Å²) in [6, 6.07) is 7.49. The van der Waals surface area contributed by atoms with E-state index in [1.165, 1.54) is 19.3 Å². The Morgan fingerprint density at radius 3 is 2.62 bits per heavy atom. The van der Waals surface area contributed by atoms with Gasteiger partial charge in [-0.15, -0.1) is 24.0 Å². The van der Waals surface area contributed by atoms with Crippen LogP contribution in [0.3, 0.4) is 0 Å². The van der Waals surface area contributed by atoms with E-state index < -0.39 is 0 Å². The first kappa shape index (κ1) is 24.5. The van der Waals surface area contributed by atoms with E-state index >= 15 is 0 Å². The van der Waals surface area contributed by atoms with Crippen molar-refractivity contribution in [2.75, 3.05) is 27.2 Å². The lowest BCUT2D eigenvalue weighted by Gasteiger charge is -2.18. The molecular weight excluding hydrogens is 443 g/mol. The van der Waals surface area contributed by atoms with Crippen LogP contribution in [0, 0.1) is 0 Å². The molecule has 0 fully saturated rings. The number of guanidine groups is 1. The maximum Gasteiger partial charge on any atom is 0.251 e. The molecule has 0 radical (unpaired) electrons. The zero-order chi connectivity index (χ0) is 18.5. The van der Waals surface area contributed by atoms with Gasteiger partial charge >= 0.3 is 0 Å². The monoisotopic (exact) mass is 476 g/mol. The van der Waals surface area contributed by atoms with Gasteiger partial charge in [-0.3, -0.25) is 9.79 Å². The summed E-state index contributed by atoms with van der Waals surface area (Å²) in [7, 11) is 3.34. The lowest BCUT2D eigenvalue weighted by Crippen LogP contribution is -2.44. The third kappa shape index (κ3) is 9.84. The number of ether oxygens (including phenoxy) is 1. The predicted molar refractivity (Wildman–Crippen MR) is 119 cm³/mol. The molecule has 1 unspecified atom stereocenters. The van der Waals surface area contributed by atoms with E-state index in [4.69, 9.17) is 4.74 Å². The van der Waals surface area contributed by atoms with Gasteiger partial charge < -0.3 is 20.7 Å². The number of rotatable bonds is 10. The lowest BCUT2D eigenvalue weighted by atomic mass is 10.1. The molecule has 7 heteroatoms. The molecule has 1 aromatic rings. The Hall–Kier alpha value is -1.51. The number of benzene rings is 1. The van der Waals surface area contributed by atoms with Gasteiger partial charge in [0.25, 0.3) is 5.91 Å². The van der Waals surface area contributed by atoms with Crippen molar-refractivity contribution in [3.63, 3.8) is 0 Å². The third-order valence-corrected chi connectivity index (χ3v) is 3.88. The maximum absolute atomic E-state index is 12.1. The van der Waals surface area contributed by atoms with Gasteiger partial charge in [0.15, 0.2) is 5.96 Å². The Morgan fingerprint density at radius 2 is 1.96 bits per heavy atom. The lowest BCUT2D eigenvalue weighted by molar-refractivity contribution is 0.0954. The van der Waals surface area contributed by atoms with Crippen molar-refractivity contribution in [2.24, 2.45) is 4.99 Å². The summed E-state index contributed by atoms with van der Waals surface area (Å²) in [6.07, 6.45) is 4.83. The van der Waals surface area contributed by atoms with Gasteiger partial charge in [-0.05, 0) is 31.5 Å². The smallest absolute Gasteiger partial charge is 0.251 e. The fraction of sp³-hybridized carbons (Fsp3) is 0.579. The molecule has 1 aromatic carbocycles. The largest absolute Gasteiger partial charge is 0.497 e. The number of methoxy groups -OCH3 is 1. The minimum absolute atomic E-state index is 0. The van der Waals surface area contributed by atoms with Crippen molar-refractivity contribution in [2.45, 2.75) is 45.6 Å². The number of halogens is 1. The van der Waals surface area contributed by atoms with E-state index in [0.717, 1.165) is 12.4 Å². The highest BCUT2D eigenvalue weighted by molar-refractivity contribution is 14.0. The fourth-order valence-corrected chi connectivity index (χ4v) is 2.42. The minimum atomic E-state index is -0.114. The highest BCUT2D eigenvalue weighted by Gasteiger charge is 2.07. The van der Waals surface area contributed by atoms with Gasteiger partial charge in [0.2, 0.25) is 0 Å². The van der Waals surface area contributed by atoms with Crippen LogP contribution in [-0.4, -0.2) is 45.2 Å². The zero-order valence-corrected chi connectivity index (χ0v) is 18.6. The third-order valence-electron chi connectivity index (χ3n) is 3.88. The Morgan fingerprint density at radius 1 is 1.23 bits per heavy atom. The summed E-state index contributed by atoms with van der Waals surface area (Å²) < 4.78 is 5.13. The van der Waals surface area contributed by atoms with E-state index in [9.17, 15) is 4.79 Å². The van der Waals surface area contributed by atoms with Gasteiger partial charge in [-0.2, -0.15) is 0 Å². The number of amides is 1. The van der Waals surface area contributed by atoms with Crippen molar-refractivity contribution < 1.29 is 9.53 Å². The molecule has 3 N–H and O–H groups in total. The van der Waals surface area contributed by atoms with Crippen molar-refractivity contribution >= 4 is 35.8 Å². The van der Waals surface area contributed by atoms with Crippen LogP contribution in [0.2, 0.25) is 0 Å². The van der Waals surface area contributed by atoms with E-state index in [1.807, 2.05) is 6.07 Å². The molecule has 0 heterocycles. The van der Waals surface area contributed by atoms with E-state index in [1.54, 1.807) is 32.4 Å². The number of hydrogen-bond donors (Lipinski definition) is 3. The number of carbonyl (C=O) groups is 1. The molecule has 6 nitrogen and oxygen atoms in total. The Balaban J connectivity index is 0.00000625. The molecule has 1 rings (SSSR count). The molecule has 0 aromatic heterocycles. The van der Waals surface area contributed by atoms with Crippen LogP contribution in [-0.2, 0) is 0 Å². The SMILES string of the molecule is CCCCCC(C)NC(=NC)NCCNC(=O)c1cccc(OC)c1.I. The number of hydrogen-bond acceptors (Lipinski definition) is 3. The summed E-state index contributed by atoms with van der Waals surface area (Å²) in [5.41, 5.74) is 0.589. The fourth-order valence-electron chi connectivity index (χ4n) is 2.42. The van der Waals surface area contributed by atoms with E-state index in [-0.39, 0.29) is 29.9 Å². The summed E-state index contributed by atoms with van der Waals surface area (Å²) in [6.45, 7) is 5.49. The van der Waals surface area contributed by atoms with E-state index in [2.05, 4.69) is 34.8 Å². The standard InChI is InChI=1S/C19H32N4O2.HI/c1-5-6-7-9-15(2)23-19(20-3)22-13-12-21-18(24)16-10-8-11-17(14-16)25-4;/h8,10-11,14-15H,5-7,9,12-13H2,1-4H3,(H,21,24)(H2,20,22,23);1H. The highest BCUT2D eigenvalue weighted by atomic mass is 127. The minimum Gasteiger partial charge on any atom is -0.497 e. The first-order valence-electron chi connectivity index (χ1n) is 9.00. The second-order valence-corrected chi connectivity index (χ2v) is 6.03. The second-order valence-electron chi connectivity index (χ2n) is 6.03. The predicted octanol–water partition coefficient (Wildman–Crippen LogP) is 3.18. The van der Waals surface area contributed by atoms with Gasteiger partial charge in [0, 0.05) is 31.7 Å². The van der Waals surface area contributed by atoms with Crippen LogP contribution < -0.4 is 20.7 Å². The van der Waals surface area contributed by atoms with Crippen LogP contribution in [0.1, 0.15) is 49.9 Å². The van der Waals surface area contributed by atoms with E-state index in [0.29, 0.717) is 30.4 Å². The topological polar surface area (TPSA) is 74.8 Å². The number of nitrogens with zero attached hydrogens (tertiary/aromatic N) is 1. The Kier molecular flexibility index (Phi) is 13.8. The van der Waals surface area contributed by atoms with Crippen LogP contribution >= 0.6 is 24.0 Å². The number of unbranched alkanes of at least 4 members (excludes halogenated alkanes) is 2. The molecular formula is C19H33IN4O2. The summed E-state index contributed by atoms with van der Waals surface area (Å²) >= 11 is 0. The molecule has 0 aliphatic rings. The summed E-state index contributed by atoms with van der Waals surface area (Å²) in [5, 5.41) is 9.47. The summed E-state index contributed by atoms with van der Waals surface area (Å²) in [4.78, 5) is 16.3. The van der Waals surface area contributed by atoms with Crippen LogP contribution in [0.5, 0.6) is 5.75 Å². The number of nitrogens with one attached hydrogen (secondary N) is 3. The molecule has 26 heavy (non-hydrogen) atoms. The molecule has 0 aliphatic carbocycles.